The van der Waals surface area contributed by atoms with E-state index in [1.807, 2.05) is 6.07 Å². The summed E-state index contributed by atoms with van der Waals surface area (Å²) in [4.78, 5) is 1.30. The Labute approximate surface area is 59.8 Å². The number of allylic oxidation sites excluding steroid dienone is 1. The Bertz CT molecular complexity index is 172. The van der Waals surface area contributed by atoms with Gasteiger partial charge in [-0.1, -0.05) is 12.1 Å². The zero-order chi connectivity index (χ0) is 6.53. The van der Waals surface area contributed by atoms with Crippen molar-refractivity contribution in [3.05, 3.63) is 35.4 Å². The second kappa shape index (κ2) is 3.46. The van der Waals surface area contributed by atoms with E-state index in [-0.39, 0.29) is 0 Å². The summed E-state index contributed by atoms with van der Waals surface area (Å²) in [6, 6.07) is 4.14. The Kier molecular flexibility index (Phi) is 2.52. The first-order chi connectivity index (χ1) is 4.43. The molecule has 0 spiro atoms. The second-order valence-corrected chi connectivity index (χ2v) is 2.69. The van der Waals surface area contributed by atoms with Crippen molar-refractivity contribution in [2.45, 2.75) is 6.42 Å². The first-order valence-corrected chi connectivity index (χ1v) is 3.81. The maximum absolute atomic E-state index is 3.70. The van der Waals surface area contributed by atoms with E-state index in [0.717, 1.165) is 6.42 Å². The van der Waals surface area contributed by atoms with Gasteiger partial charge in [-0.25, -0.2) is 0 Å². The molecule has 0 amide bonds. The third kappa shape index (κ3) is 2.02. The monoisotopic (exact) mass is 137 g/mol. The number of thiophene rings is 1. The summed E-state index contributed by atoms with van der Waals surface area (Å²) in [7, 11) is 0. The molecule has 0 atom stereocenters. The van der Waals surface area contributed by atoms with Crippen molar-refractivity contribution in [3.8, 4) is 0 Å². The Morgan fingerprint density at radius 3 is 3.11 bits per heavy atom. The average Bonchev–Trinajstić information content (AvgIpc) is 2.34. The van der Waals surface area contributed by atoms with Crippen LogP contribution >= 0.6 is 11.3 Å². The largest absolute Gasteiger partial charge is 0.144 e. The summed E-state index contributed by atoms with van der Waals surface area (Å²) in [5.41, 5.74) is 0. The molecule has 0 aliphatic carbocycles. The standard InChI is InChI=1S/C8H9S/c1-2-3-5-8-6-4-7-9-8/h3-7H,1-2H2/b5-3+. The first-order valence-electron chi connectivity index (χ1n) is 2.93. The third-order valence-corrected chi connectivity index (χ3v) is 1.83. The van der Waals surface area contributed by atoms with Crippen LogP contribution in [0.4, 0.5) is 0 Å². The second-order valence-electron chi connectivity index (χ2n) is 1.71. The van der Waals surface area contributed by atoms with E-state index in [2.05, 4.69) is 30.5 Å². The lowest BCUT2D eigenvalue weighted by atomic mass is 10.4. The molecule has 0 saturated carbocycles. The highest BCUT2D eigenvalue weighted by Gasteiger charge is 1.81. The van der Waals surface area contributed by atoms with Crippen LogP contribution in [0.5, 0.6) is 0 Å². The minimum Gasteiger partial charge on any atom is -0.144 e. The zero-order valence-electron chi connectivity index (χ0n) is 5.21. The van der Waals surface area contributed by atoms with Gasteiger partial charge in [0.15, 0.2) is 0 Å². The van der Waals surface area contributed by atoms with Gasteiger partial charge in [-0.2, -0.15) is 0 Å². The molecule has 1 aromatic rings. The fourth-order valence-corrected chi connectivity index (χ4v) is 1.23. The predicted molar refractivity (Wildman–Crippen MR) is 43.3 cm³/mol. The van der Waals surface area contributed by atoms with Gasteiger partial charge in [-0.3, -0.25) is 0 Å². The lowest BCUT2D eigenvalue weighted by molar-refractivity contribution is 1.42. The summed E-state index contributed by atoms with van der Waals surface area (Å²) in [5.74, 6) is 0. The molecule has 9 heavy (non-hydrogen) atoms. The SMILES string of the molecule is [CH2]C/C=C/c1cccs1. The minimum absolute atomic E-state index is 0.873. The van der Waals surface area contributed by atoms with Gasteiger partial charge in [-0.05, 0) is 30.9 Å². The van der Waals surface area contributed by atoms with Gasteiger partial charge in [0.1, 0.15) is 0 Å². The third-order valence-electron chi connectivity index (χ3n) is 0.992. The van der Waals surface area contributed by atoms with Crippen LogP contribution in [0.1, 0.15) is 11.3 Å². The van der Waals surface area contributed by atoms with E-state index in [9.17, 15) is 0 Å². The van der Waals surface area contributed by atoms with Crippen molar-refractivity contribution < 1.29 is 0 Å². The van der Waals surface area contributed by atoms with E-state index in [4.69, 9.17) is 0 Å². The van der Waals surface area contributed by atoms with Gasteiger partial charge in [0.25, 0.3) is 0 Å². The smallest absolute Gasteiger partial charge is 0.0267 e. The normalized spacial score (nSPS) is 10.8. The van der Waals surface area contributed by atoms with Crippen LogP contribution < -0.4 is 0 Å². The van der Waals surface area contributed by atoms with Gasteiger partial charge in [0, 0.05) is 4.88 Å². The van der Waals surface area contributed by atoms with Crippen molar-refractivity contribution in [3.63, 3.8) is 0 Å². The lowest BCUT2D eigenvalue weighted by Gasteiger charge is -1.78. The topological polar surface area (TPSA) is 0 Å². The minimum atomic E-state index is 0.873. The molecule has 1 aromatic heterocycles. The molecule has 0 fully saturated rings. The van der Waals surface area contributed by atoms with Crippen molar-refractivity contribution >= 4 is 17.4 Å². The van der Waals surface area contributed by atoms with Gasteiger partial charge < -0.3 is 0 Å². The van der Waals surface area contributed by atoms with E-state index < -0.39 is 0 Å². The molecule has 0 bridgehead atoms. The summed E-state index contributed by atoms with van der Waals surface area (Å²) in [6.07, 6.45) is 5.03. The number of rotatable bonds is 2. The molecule has 0 saturated heterocycles. The van der Waals surface area contributed by atoms with E-state index >= 15 is 0 Å². The molecule has 1 heterocycles. The van der Waals surface area contributed by atoms with Crippen molar-refractivity contribution in [2.75, 3.05) is 0 Å². The van der Waals surface area contributed by atoms with Crippen LogP contribution in [0.3, 0.4) is 0 Å². The van der Waals surface area contributed by atoms with Crippen molar-refractivity contribution in [2.24, 2.45) is 0 Å². The molecule has 0 nitrogen and oxygen atoms in total. The summed E-state index contributed by atoms with van der Waals surface area (Å²) in [5, 5.41) is 2.07. The molecule has 0 unspecified atom stereocenters. The highest BCUT2D eigenvalue weighted by molar-refractivity contribution is 7.10. The number of hydrogen-bond donors (Lipinski definition) is 0. The summed E-state index contributed by atoms with van der Waals surface area (Å²) in [6.45, 7) is 3.70. The van der Waals surface area contributed by atoms with Crippen molar-refractivity contribution in [1.29, 1.82) is 0 Å². The van der Waals surface area contributed by atoms with Crippen molar-refractivity contribution in [1.82, 2.24) is 0 Å². The Balaban J connectivity index is 2.57. The lowest BCUT2D eigenvalue weighted by Crippen LogP contribution is -1.54. The van der Waals surface area contributed by atoms with E-state index in [1.54, 1.807) is 11.3 Å². The Morgan fingerprint density at radius 1 is 1.67 bits per heavy atom. The molecular weight excluding hydrogens is 128 g/mol. The highest BCUT2D eigenvalue weighted by atomic mass is 32.1. The van der Waals surface area contributed by atoms with Gasteiger partial charge >= 0.3 is 0 Å². The molecule has 1 radical (unpaired) electrons. The predicted octanol–water partition coefficient (Wildman–Crippen LogP) is 2.99. The molecule has 0 aromatic carbocycles. The summed E-state index contributed by atoms with van der Waals surface area (Å²) >= 11 is 1.75. The molecule has 0 aliphatic rings. The van der Waals surface area contributed by atoms with Gasteiger partial charge in [-0.15, -0.1) is 11.3 Å². The van der Waals surface area contributed by atoms with E-state index in [1.165, 1.54) is 4.88 Å². The Morgan fingerprint density at radius 2 is 2.56 bits per heavy atom. The maximum Gasteiger partial charge on any atom is 0.0267 e. The first kappa shape index (κ1) is 6.56. The maximum atomic E-state index is 3.70. The van der Waals surface area contributed by atoms with Crippen LogP contribution in [0.15, 0.2) is 23.6 Å². The van der Waals surface area contributed by atoms with Gasteiger partial charge in [0.05, 0.1) is 0 Å². The van der Waals surface area contributed by atoms with Crippen LogP contribution in [0.25, 0.3) is 6.08 Å². The molecule has 0 aliphatic heterocycles. The van der Waals surface area contributed by atoms with Gasteiger partial charge in [0.2, 0.25) is 0 Å². The quantitative estimate of drug-likeness (QED) is 0.588. The number of hydrogen-bond acceptors (Lipinski definition) is 1. The zero-order valence-corrected chi connectivity index (χ0v) is 6.03. The molecule has 0 N–H and O–H groups in total. The fourth-order valence-electron chi connectivity index (χ4n) is 0.586. The van der Waals surface area contributed by atoms with E-state index in [0.29, 0.717) is 0 Å². The fraction of sp³-hybridized carbons (Fsp3) is 0.125. The molecule has 1 rings (SSSR count). The highest BCUT2D eigenvalue weighted by Crippen LogP contribution is 2.09. The van der Waals surface area contributed by atoms with Crippen LogP contribution in [0, 0.1) is 6.92 Å². The Hall–Kier alpha value is -0.560. The molecule has 47 valence electrons. The summed E-state index contributed by atoms with van der Waals surface area (Å²) < 4.78 is 0. The molecule has 1 heteroatoms. The average molecular weight is 137 g/mol. The molecular formula is C8H9S. The van der Waals surface area contributed by atoms with Crippen LogP contribution in [-0.4, -0.2) is 0 Å². The van der Waals surface area contributed by atoms with Crippen LogP contribution in [-0.2, 0) is 0 Å². The van der Waals surface area contributed by atoms with Crippen LogP contribution in [0.2, 0.25) is 0 Å².